The summed E-state index contributed by atoms with van der Waals surface area (Å²) in [6.07, 6.45) is 3.86. The second-order valence-corrected chi connectivity index (χ2v) is 6.03. The third kappa shape index (κ3) is 6.04. The van der Waals surface area contributed by atoms with Gasteiger partial charge in [0.05, 0.1) is 17.8 Å². The quantitative estimate of drug-likeness (QED) is 0.738. The van der Waals surface area contributed by atoms with E-state index in [1.165, 1.54) is 6.92 Å². The van der Waals surface area contributed by atoms with Crippen molar-refractivity contribution in [2.24, 2.45) is 0 Å². The Balaban J connectivity index is 1.98. The summed E-state index contributed by atoms with van der Waals surface area (Å²) in [6, 6.07) is 10.3. The molecule has 2 aromatic carbocycles. The molecule has 0 bridgehead atoms. The smallest absolute Gasteiger partial charge is 0.262 e. The largest absolute Gasteiger partial charge is 0.493 e. The molecule has 0 heterocycles. The Kier molecular flexibility index (Phi) is 7.25. The number of anilines is 2. The molecule has 2 amide bonds. The number of rotatable bonds is 7. The molecule has 0 saturated heterocycles. The lowest BCUT2D eigenvalue weighted by molar-refractivity contribution is -0.118. The third-order valence-corrected chi connectivity index (χ3v) is 3.78. The lowest BCUT2D eigenvalue weighted by Crippen LogP contribution is -2.20. The van der Waals surface area contributed by atoms with Crippen LogP contribution in [0.25, 0.3) is 6.08 Å². The number of methoxy groups -OCH3 is 1. The molecule has 2 rings (SSSR count). The molecule has 6 nitrogen and oxygen atoms in total. The molecule has 0 aliphatic rings. The molecule has 0 aromatic heterocycles. The number of hydrogen-bond acceptors (Lipinski definition) is 4. The monoisotopic (exact) mass is 388 g/mol. The van der Waals surface area contributed by atoms with Crippen LogP contribution in [-0.2, 0) is 9.59 Å². The highest BCUT2D eigenvalue weighted by Gasteiger charge is 2.10. The molecule has 142 valence electrons. The molecule has 0 aliphatic heterocycles. The van der Waals surface area contributed by atoms with Crippen molar-refractivity contribution < 1.29 is 19.1 Å². The van der Waals surface area contributed by atoms with E-state index in [1.54, 1.807) is 31.4 Å². The van der Waals surface area contributed by atoms with E-state index >= 15 is 0 Å². The Labute approximate surface area is 163 Å². The minimum Gasteiger partial charge on any atom is -0.493 e. The number of allylic oxidation sites excluding steroid dienone is 1. The number of carbonyl (C=O) groups is 2. The van der Waals surface area contributed by atoms with Crippen LogP contribution in [0.1, 0.15) is 19.4 Å². The Hall–Kier alpha value is -2.99. The summed E-state index contributed by atoms with van der Waals surface area (Å²) < 4.78 is 10.9. The average Bonchev–Trinajstić information content (AvgIpc) is 2.62. The van der Waals surface area contributed by atoms with Crippen LogP contribution in [-0.4, -0.2) is 25.5 Å². The molecule has 0 saturated carbocycles. The van der Waals surface area contributed by atoms with Gasteiger partial charge in [-0.2, -0.15) is 0 Å². The van der Waals surface area contributed by atoms with Crippen molar-refractivity contribution in [3.05, 3.63) is 53.1 Å². The van der Waals surface area contributed by atoms with Gasteiger partial charge in [-0.05, 0) is 42.8 Å². The Bertz CT molecular complexity index is 865. The van der Waals surface area contributed by atoms with Gasteiger partial charge in [0.1, 0.15) is 0 Å². The summed E-state index contributed by atoms with van der Waals surface area (Å²) in [5.74, 6) is 0.440. The van der Waals surface area contributed by atoms with E-state index in [0.29, 0.717) is 27.9 Å². The molecular weight excluding hydrogens is 368 g/mol. The van der Waals surface area contributed by atoms with E-state index < -0.39 is 0 Å². The fourth-order valence-corrected chi connectivity index (χ4v) is 2.55. The molecule has 0 unspecified atom stereocenters. The summed E-state index contributed by atoms with van der Waals surface area (Å²) in [7, 11) is 1.54. The maximum Gasteiger partial charge on any atom is 0.262 e. The average molecular weight is 389 g/mol. The number of carbonyl (C=O) groups excluding carboxylic acids is 2. The number of ether oxygens (including phenoxy) is 2. The summed E-state index contributed by atoms with van der Waals surface area (Å²) in [4.78, 5) is 23.2. The Morgan fingerprint density at radius 3 is 2.52 bits per heavy atom. The SMILES string of the molecule is C/C=C/c1ccc(OCC(=O)Nc2ccc(NC(C)=O)c(Cl)c2)c(OC)c1. The van der Waals surface area contributed by atoms with Crippen molar-refractivity contribution in [2.75, 3.05) is 24.4 Å². The van der Waals surface area contributed by atoms with Crippen LogP contribution >= 0.6 is 11.6 Å². The molecular formula is C20H21ClN2O4. The van der Waals surface area contributed by atoms with Crippen LogP contribution in [0.4, 0.5) is 11.4 Å². The molecule has 7 heteroatoms. The molecule has 27 heavy (non-hydrogen) atoms. The van der Waals surface area contributed by atoms with Crippen molar-refractivity contribution in [1.82, 2.24) is 0 Å². The molecule has 0 fully saturated rings. The van der Waals surface area contributed by atoms with Gasteiger partial charge in [-0.15, -0.1) is 0 Å². The zero-order valence-electron chi connectivity index (χ0n) is 15.3. The molecule has 0 aliphatic carbocycles. The van der Waals surface area contributed by atoms with Gasteiger partial charge in [0.2, 0.25) is 5.91 Å². The first-order valence-corrected chi connectivity index (χ1v) is 8.61. The third-order valence-electron chi connectivity index (χ3n) is 3.47. The summed E-state index contributed by atoms with van der Waals surface area (Å²) >= 11 is 6.09. The van der Waals surface area contributed by atoms with E-state index in [9.17, 15) is 9.59 Å². The molecule has 0 atom stereocenters. The van der Waals surface area contributed by atoms with Crippen molar-refractivity contribution >= 4 is 40.9 Å². The first-order chi connectivity index (χ1) is 12.9. The highest BCUT2D eigenvalue weighted by Crippen LogP contribution is 2.29. The predicted molar refractivity (Wildman–Crippen MR) is 108 cm³/mol. The maximum atomic E-state index is 12.1. The number of halogens is 1. The zero-order chi connectivity index (χ0) is 19.8. The predicted octanol–water partition coefficient (Wildman–Crippen LogP) is 4.36. The van der Waals surface area contributed by atoms with Gasteiger partial charge in [-0.25, -0.2) is 0 Å². The normalized spacial score (nSPS) is 10.5. The van der Waals surface area contributed by atoms with E-state index in [-0.39, 0.29) is 18.4 Å². The van der Waals surface area contributed by atoms with Crippen LogP contribution in [0.15, 0.2) is 42.5 Å². The van der Waals surface area contributed by atoms with Gasteiger partial charge in [-0.3, -0.25) is 9.59 Å². The fraction of sp³-hybridized carbons (Fsp3) is 0.200. The van der Waals surface area contributed by atoms with Crippen molar-refractivity contribution in [3.63, 3.8) is 0 Å². The number of nitrogens with one attached hydrogen (secondary N) is 2. The minimum absolute atomic E-state index is 0.190. The Morgan fingerprint density at radius 1 is 1.11 bits per heavy atom. The molecule has 2 aromatic rings. The van der Waals surface area contributed by atoms with Gasteiger partial charge in [-0.1, -0.05) is 29.8 Å². The second kappa shape index (κ2) is 9.64. The lowest BCUT2D eigenvalue weighted by atomic mass is 10.2. The summed E-state index contributed by atoms with van der Waals surface area (Å²) in [5.41, 5.74) is 1.95. The topological polar surface area (TPSA) is 76.7 Å². The zero-order valence-corrected chi connectivity index (χ0v) is 16.1. The van der Waals surface area contributed by atoms with E-state index in [0.717, 1.165) is 5.56 Å². The second-order valence-electron chi connectivity index (χ2n) is 5.62. The molecule has 0 spiro atoms. The van der Waals surface area contributed by atoms with Crippen LogP contribution < -0.4 is 20.1 Å². The number of amides is 2. The Morgan fingerprint density at radius 2 is 1.89 bits per heavy atom. The lowest BCUT2D eigenvalue weighted by Gasteiger charge is -2.12. The number of benzene rings is 2. The summed E-state index contributed by atoms with van der Waals surface area (Å²) in [6.45, 7) is 3.13. The van der Waals surface area contributed by atoms with Crippen molar-refractivity contribution in [1.29, 1.82) is 0 Å². The first kappa shape index (κ1) is 20.3. The number of hydrogen-bond donors (Lipinski definition) is 2. The fourth-order valence-electron chi connectivity index (χ4n) is 2.32. The van der Waals surface area contributed by atoms with Crippen LogP contribution in [0, 0.1) is 0 Å². The van der Waals surface area contributed by atoms with Gasteiger partial charge in [0.25, 0.3) is 5.91 Å². The van der Waals surface area contributed by atoms with Crippen molar-refractivity contribution in [3.8, 4) is 11.5 Å². The van der Waals surface area contributed by atoms with Crippen LogP contribution in [0.2, 0.25) is 5.02 Å². The summed E-state index contributed by atoms with van der Waals surface area (Å²) in [5, 5.41) is 5.61. The van der Waals surface area contributed by atoms with Gasteiger partial charge < -0.3 is 20.1 Å². The maximum absolute atomic E-state index is 12.1. The highest BCUT2D eigenvalue weighted by molar-refractivity contribution is 6.34. The van der Waals surface area contributed by atoms with E-state index in [1.807, 2.05) is 31.2 Å². The van der Waals surface area contributed by atoms with Crippen molar-refractivity contribution in [2.45, 2.75) is 13.8 Å². The van der Waals surface area contributed by atoms with Crippen LogP contribution in [0.3, 0.4) is 0 Å². The van der Waals surface area contributed by atoms with Gasteiger partial charge in [0, 0.05) is 12.6 Å². The molecule has 0 radical (unpaired) electrons. The standard InChI is InChI=1S/C20H21ClN2O4/c1-4-5-14-6-9-18(19(10-14)26-3)27-12-20(25)23-15-7-8-17(16(21)11-15)22-13(2)24/h4-11H,12H2,1-3H3,(H,22,24)(H,23,25)/b5-4+. The van der Waals surface area contributed by atoms with E-state index in [4.69, 9.17) is 21.1 Å². The highest BCUT2D eigenvalue weighted by atomic mass is 35.5. The van der Waals surface area contributed by atoms with E-state index in [2.05, 4.69) is 10.6 Å². The first-order valence-electron chi connectivity index (χ1n) is 8.23. The van der Waals surface area contributed by atoms with Crippen LogP contribution in [0.5, 0.6) is 11.5 Å². The van der Waals surface area contributed by atoms with Gasteiger partial charge in [0.15, 0.2) is 18.1 Å². The van der Waals surface area contributed by atoms with Gasteiger partial charge >= 0.3 is 0 Å². The molecule has 2 N–H and O–H groups in total. The minimum atomic E-state index is -0.349.